The van der Waals surface area contributed by atoms with Crippen LogP contribution in [-0.2, 0) is 25.7 Å². The Kier molecular flexibility index (Phi) is 11.7. The van der Waals surface area contributed by atoms with Crippen molar-refractivity contribution in [2.45, 2.75) is 52.2 Å². The summed E-state index contributed by atoms with van der Waals surface area (Å²) in [4.78, 5) is 32.4. The van der Waals surface area contributed by atoms with Crippen molar-refractivity contribution in [3.63, 3.8) is 0 Å². The second-order valence-electron chi connectivity index (χ2n) is 8.95. The molecule has 1 aromatic carbocycles. The Morgan fingerprint density at radius 1 is 1.35 bits per heavy atom. The fourth-order valence-corrected chi connectivity index (χ4v) is 4.63. The first-order chi connectivity index (χ1) is 17.8. The number of benzene rings is 1. The molecule has 1 saturated heterocycles. The number of halogens is 2. The van der Waals surface area contributed by atoms with Gasteiger partial charge in [0.2, 0.25) is 5.91 Å². The lowest BCUT2D eigenvalue weighted by Crippen LogP contribution is -2.43. The quantitative estimate of drug-likeness (QED) is 0.0704. The predicted molar refractivity (Wildman–Crippen MR) is 154 cm³/mol. The largest absolute Gasteiger partial charge is 0.494 e. The highest BCUT2D eigenvalue weighted by atomic mass is 127. The molecule has 0 unspecified atom stereocenters. The molecule has 2 heterocycles. The predicted octanol–water partition coefficient (Wildman–Crippen LogP) is 5.96. The summed E-state index contributed by atoms with van der Waals surface area (Å²) in [5, 5.41) is 0.301. The summed E-state index contributed by atoms with van der Waals surface area (Å²) in [5.41, 5.74) is 2.33. The third kappa shape index (κ3) is 8.41. The van der Waals surface area contributed by atoms with Crippen LogP contribution in [0.5, 0.6) is 5.75 Å². The second kappa shape index (κ2) is 14.7. The molecule has 2 aliphatic heterocycles. The van der Waals surface area contributed by atoms with Crippen LogP contribution in [0.2, 0.25) is 0 Å². The minimum Gasteiger partial charge on any atom is -0.494 e. The van der Waals surface area contributed by atoms with E-state index in [4.69, 9.17) is 25.8 Å². The maximum atomic E-state index is 13.4. The lowest BCUT2D eigenvalue weighted by molar-refractivity contribution is -0.142. The van der Waals surface area contributed by atoms with Crippen molar-refractivity contribution in [2.24, 2.45) is 10.9 Å². The summed E-state index contributed by atoms with van der Waals surface area (Å²) in [6, 6.07) is 7.50. The first-order valence-electron chi connectivity index (χ1n) is 12.5. The zero-order chi connectivity index (χ0) is 26.8. The zero-order valence-corrected chi connectivity index (χ0v) is 24.3. The van der Waals surface area contributed by atoms with E-state index in [1.54, 1.807) is 24.8 Å². The molecule has 200 valence electrons. The van der Waals surface area contributed by atoms with Crippen molar-refractivity contribution in [1.29, 1.82) is 0 Å². The minimum absolute atomic E-state index is 0.0383. The molecule has 7 nitrogen and oxygen atoms in total. The van der Waals surface area contributed by atoms with Gasteiger partial charge in [-0.1, -0.05) is 59.0 Å². The Morgan fingerprint density at radius 3 is 2.76 bits per heavy atom. The average Bonchev–Trinajstić information content (AvgIpc) is 3.42. The Hall–Kier alpha value is -2.17. The van der Waals surface area contributed by atoms with Crippen molar-refractivity contribution in [3.8, 4) is 5.75 Å². The molecule has 3 rings (SSSR count). The molecule has 9 heteroatoms. The van der Waals surface area contributed by atoms with E-state index in [1.165, 1.54) is 6.21 Å². The van der Waals surface area contributed by atoms with Gasteiger partial charge in [0.25, 0.3) is 0 Å². The van der Waals surface area contributed by atoms with Crippen LogP contribution in [0.4, 0.5) is 0 Å². The summed E-state index contributed by atoms with van der Waals surface area (Å²) in [6.45, 7) is 9.50. The Bertz CT molecular complexity index is 1060. The van der Waals surface area contributed by atoms with Gasteiger partial charge in [0.1, 0.15) is 17.5 Å². The molecule has 2 atom stereocenters. The van der Waals surface area contributed by atoms with Gasteiger partial charge in [0.05, 0.1) is 24.8 Å². The molecule has 0 N–H and O–H groups in total. The van der Waals surface area contributed by atoms with E-state index in [1.807, 2.05) is 24.3 Å². The minimum atomic E-state index is -0.556. The molecule has 1 aromatic rings. The molecule has 0 bridgehead atoms. The zero-order valence-electron chi connectivity index (χ0n) is 21.4. The molecule has 37 heavy (non-hydrogen) atoms. The fraction of sp³-hybridized carbons (Fsp3) is 0.464. The van der Waals surface area contributed by atoms with Crippen LogP contribution in [0.1, 0.15) is 45.1 Å². The Labute approximate surface area is 237 Å². The van der Waals surface area contributed by atoms with Crippen molar-refractivity contribution in [1.82, 2.24) is 4.90 Å². The van der Waals surface area contributed by atoms with Crippen LogP contribution < -0.4 is 4.74 Å². The molecule has 0 spiro atoms. The lowest BCUT2D eigenvalue weighted by Gasteiger charge is -2.35. The standard InChI is InChI=1S/C28H34ClIN2O5/c1-4-25(29)31-16-19(2)24-15-26(33)32(17-23-7-5-13-36-23)20(3)27(24)28(34)37-18-21-8-10-22(11-9-21)35-14-6-12-30/h4,8-11,16,23-24H,2,5-7,12-15,17-18H2,1,3H3/b25-4-,31-16-/t23-,24+/m1/s1. The molecule has 2 aliphatic rings. The van der Waals surface area contributed by atoms with Gasteiger partial charge in [-0.25, -0.2) is 9.79 Å². The molecule has 0 aromatic heterocycles. The number of ether oxygens (including phenoxy) is 3. The lowest BCUT2D eigenvalue weighted by atomic mass is 9.84. The summed E-state index contributed by atoms with van der Waals surface area (Å²) in [7, 11) is 0. The van der Waals surface area contributed by atoms with E-state index in [0.717, 1.165) is 35.0 Å². The van der Waals surface area contributed by atoms with Crippen LogP contribution in [0, 0.1) is 5.92 Å². The van der Waals surface area contributed by atoms with Gasteiger partial charge in [0.15, 0.2) is 0 Å². The number of carbonyl (C=O) groups is 2. The van der Waals surface area contributed by atoms with E-state index < -0.39 is 11.9 Å². The third-order valence-electron chi connectivity index (χ3n) is 6.33. The van der Waals surface area contributed by atoms with Crippen LogP contribution in [0.25, 0.3) is 0 Å². The second-order valence-corrected chi connectivity index (χ2v) is 10.4. The van der Waals surface area contributed by atoms with Gasteiger partial charge in [-0.05, 0) is 56.4 Å². The van der Waals surface area contributed by atoms with Gasteiger partial charge < -0.3 is 19.1 Å². The first kappa shape index (κ1) is 29.4. The van der Waals surface area contributed by atoms with Gasteiger partial charge in [-0.15, -0.1) is 0 Å². The van der Waals surface area contributed by atoms with Crippen molar-refractivity contribution < 1.29 is 23.8 Å². The molecular weight excluding hydrogens is 607 g/mol. The van der Waals surface area contributed by atoms with Crippen LogP contribution in [-0.4, -0.2) is 53.3 Å². The number of alkyl halides is 1. The molecule has 0 aliphatic carbocycles. The molecule has 1 amide bonds. The van der Waals surface area contributed by atoms with Crippen molar-refractivity contribution in [3.05, 3.63) is 64.5 Å². The summed E-state index contributed by atoms with van der Waals surface area (Å²) in [5.74, 6) is -0.343. The summed E-state index contributed by atoms with van der Waals surface area (Å²) in [6.07, 6.45) is 6.05. The number of nitrogens with zero attached hydrogens (tertiary/aromatic N) is 2. The molecular formula is C28H34ClIN2O5. The number of hydrogen-bond donors (Lipinski definition) is 0. The highest BCUT2D eigenvalue weighted by molar-refractivity contribution is 14.1. The van der Waals surface area contributed by atoms with Crippen LogP contribution in [0.3, 0.4) is 0 Å². The van der Waals surface area contributed by atoms with Crippen LogP contribution >= 0.6 is 34.2 Å². The highest BCUT2D eigenvalue weighted by Crippen LogP contribution is 2.34. The fourth-order valence-electron chi connectivity index (χ4n) is 4.27. The number of aliphatic imine (C=N–C) groups is 1. The van der Waals surface area contributed by atoms with Crippen molar-refractivity contribution >= 4 is 52.3 Å². The van der Waals surface area contributed by atoms with Crippen molar-refractivity contribution in [2.75, 3.05) is 24.2 Å². The summed E-state index contributed by atoms with van der Waals surface area (Å²) < 4.78 is 18.2. The Balaban J connectivity index is 1.78. The highest BCUT2D eigenvalue weighted by Gasteiger charge is 2.38. The molecule has 1 fully saturated rings. The van der Waals surface area contributed by atoms with E-state index >= 15 is 0 Å². The number of amides is 1. The topological polar surface area (TPSA) is 77.4 Å². The van der Waals surface area contributed by atoms with Gasteiger partial charge in [0, 0.05) is 35.3 Å². The number of carbonyl (C=O) groups excluding carboxylic acids is 2. The van der Waals surface area contributed by atoms with E-state index in [9.17, 15) is 9.59 Å². The SMILES string of the molecule is C=C(/C=N\C(Cl)=C/C)[C@@H]1CC(=O)N(C[C@H]2CCCO2)C(C)=C1C(=O)OCc1ccc(OCCCI)cc1. The van der Waals surface area contributed by atoms with Crippen LogP contribution in [0.15, 0.2) is 63.9 Å². The average molecular weight is 641 g/mol. The number of hydrogen-bond acceptors (Lipinski definition) is 6. The smallest absolute Gasteiger partial charge is 0.336 e. The maximum absolute atomic E-state index is 13.4. The number of rotatable bonds is 12. The normalized spacial score (nSPS) is 20.6. The Morgan fingerprint density at radius 2 is 2.11 bits per heavy atom. The van der Waals surface area contributed by atoms with E-state index in [-0.39, 0.29) is 25.0 Å². The molecule has 0 saturated carbocycles. The monoisotopic (exact) mass is 640 g/mol. The van der Waals surface area contributed by atoms with Gasteiger partial charge in [-0.2, -0.15) is 0 Å². The number of allylic oxidation sites excluding steroid dienone is 3. The number of esters is 1. The van der Waals surface area contributed by atoms with Gasteiger partial charge >= 0.3 is 5.97 Å². The molecule has 0 radical (unpaired) electrons. The first-order valence-corrected chi connectivity index (χ1v) is 14.4. The summed E-state index contributed by atoms with van der Waals surface area (Å²) >= 11 is 8.33. The van der Waals surface area contributed by atoms with Gasteiger partial charge in [-0.3, -0.25) is 4.79 Å². The van der Waals surface area contributed by atoms with E-state index in [2.05, 4.69) is 34.2 Å². The third-order valence-corrected chi connectivity index (χ3v) is 7.41. The van der Waals surface area contributed by atoms with E-state index in [0.29, 0.717) is 41.8 Å². The maximum Gasteiger partial charge on any atom is 0.336 e.